The van der Waals surface area contributed by atoms with Crippen LogP contribution in [0.25, 0.3) is 0 Å². The Morgan fingerprint density at radius 2 is 1.64 bits per heavy atom. The Hall–Kier alpha value is -0.960. The van der Waals surface area contributed by atoms with Crippen molar-refractivity contribution in [3.05, 3.63) is 24.3 Å². The lowest BCUT2D eigenvalue weighted by Gasteiger charge is -1.90. The first-order chi connectivity index (χ1) is 6.91. The van der Waals surface area contributed by atoms with Crippen LogP contribution in [0.3, 0.4) is 0 Å². The van der Waals surface area contributed by atoms with Gasteiger partial charge in [0.1, 0.15) is 0 Å². The molecule has 14 heavy (non-hydrogen) atoms. The molecule has 0 saturated carbocycles. The molecular weight excluding hydrogens is 168 g/mol. The Morgan fingerprint density at radius 3 is 2.21 bits per heavy atom. The fourth-order valence-corrected chi connectivity index (χ4v) is 1.18. The minimum Gasteiger partial charge on any atom is -0.120 e. The van der Waals surface area contributed by atoms with Crippen LogP contribution in [0.2, 0.25) is 0 Å². The smallest absolute Gasteiger partial charge is 0.00890 e. The van der Waals surface area contributed by atoms with Gasteiger partial charge in [0.05, 0.1) is 0 Å². The van der Waals surface area contributed by atoms with E-state index in [0.29, 0.717) is 0 Å². The third-order valence-corrected chi connectivity index (χ3v) is 2.05. The van der Waals surface area contributed by atoms with Crippen LogP contribution in [0, 0.1) is 12.3 Å². The van der Waals surface area contributed by atoms with Crippen LogP contribution in [0.15, 0.2) is 24.3 Å². The van der Waals surface area contributed by atoms with Gasteiger partial charge in [0.2, 0.25) is 0 Å². The van der Waals surface area contributed by atoms with Gasteiger partial charge in [0, 0.05) is 6.42 Å². The van der Waals surface area contributed by atoms with Crippen LogP contribution in [0.4, 0.5) is 0 Å². The van der Waals surface area contributed by atoms with Crippen molar-refractivity contribution in [2.75, 3.05) is 0 Å². The van der Waals surface area contributed by atoms with E-state index in [-0.39, 0.29) is 0 Å². The number of rotatable bonds is 8. The predicted molar refractivity (Wildman–Crippen MR) is 65.1 cm³/mol. The van der Waals surface area contributed by atoms with Crippen molar-refractivity contribution in [3.63, 3.8) is 0 Å². The molecule has 78 valence electrons. The van der Waals surface area contributed by atoms with E-state index in [1.54, 1.807) is 0 Å². The molecule has 0 N–H and O–H groups in total. The molecule has 0 fully saturated rings. The highest BCUT2D eigenvalue weighted by Crippen LogP contribution is 2.00. The summed E-state index contributed by atoms with van der Waals surface area (Å²) in [6.07, 6.45) is 22.1. The quantitative estimate of drug-likeness (QED) is 0.301. The molecule has 0 aromatic heterocycles. The molecule has 0 rings (SSSR count). The largest absolute Gasteiger partial charge is 0.120 e. The molecule has 0 aliphatic heterocycles. The van der Waals surface area contributed by atoms with E-state index in [1.807, 2.05) is 0 Å². The summed E-state index contributed by atoms with van der Waals surface area (Å²) < 4.78 is 0. The lowest BCUT2D eigenvalue weighted by Crippen LogP contribution is -1.70. The van der Waals surface area contributed by atoms with Crippen molar-refractivity contribution < 1.29 is 0 Å². The minimum atomic E-state index is 0.893. The van der Waals surface area contributed by atoms with Gasteiger partial charge in [-0.05, 0) is 25.7 Å². The number of terminal acetylenes is 1. The van der Waals surface area contributed by atoms with Crippen molar-refractivity contribution in [2.24, 2.45) is 0 Å². The number of hydrogen-bond donors (Lipinski definition) is 0. The van der Waals surface area contributed by atoms with Crippen molar-refractivity contribution in [3.8, 4) is 12.3 Å². The van der Waals surface area contributed by atoms with Gasteiger partial charge in [-0.15, -0.1) is 12.3 Å². The molecule has 0 amide bonds. The Balaban J connectivity index is 3.20. The molecular formula is C14H22. The van der Waals surface area contributed by atoms with Crippen molar-refractivity contribution in [1.29, 1.82) is 0 Å². The lowest BCUT2D eigenvalue weighted by molar-refractivity contribution is 0.729. The van der Waals surface area contributed by atoms with E-state index in [2.05, 4.69) is 37.1 Å². The van der Waals surface area contributed by atoms with E-state index < -0.39 is 0 Å². The van der Waals surface area contributed by atoms with E-state index in [4.69, 9.17) is 6.42 Å². The zero-order valence-corrected chi connectivity index (χ0v) is 9.34. The summed E-state index contributed by atoms with van der Waals surface area (Å²) in [5.41, 5.74) is 0. The Morgan fingerprint density at radius 1 is 1.00 bits per heavy atom. The standard InChI is InChI=1S/C14H22/c1-3-5-7-9-11-13-14-12-10-8-6-4-2/h1,11-14H,4-10H2,2H3/b13-11+,14-12+. The fourth-order valence-electron chi connectivity index (χ4n) is 1.18. The lowest BCUT2D eigenvalue weighted by atomic mass is 10.2. The third-order valence-electron chi connectivity index (χ3n) is 2.05. The molecule has 0 heterocycles. The minimum absolute atomic E-state index is 0.893. The monoisotopic (exact) mass is 190 g/mol. The van der Waals surface area contributed by atoms with Gasteiger partial charge in [-0.2, -0.15) is 0 Å². The van der Waals surface area contributed by atoms with E-state index in [1.165, 1.54) is 25.7 Å². The van der Waals surface area contributed by atoms with Gasteiger partial charge < -0.3 is 0 Å². The van der Waals surface area contributed by atoms with Gasteiger partial charge in [0.15, 0.2) is 0 Å². The van der Waals surface area contributed by atoms with Gasteiger partial charge in [-0.3, -0.25) is 0 Å². The first-order valence-corrected chi connectivity index (χ1v) is 5.67. The van der Waals surface area contributed by atoms with E-state index in [9.17, 15) is 0 Å². The van der Waals surface area contributed by atoms with Crippen molar-refractivity contribution in [1.82, 2.24) is 0 Å². The Labute approximate surface area is 89.1 Å². The number of hydrogen-bond acceptors (Lipinski definition) is 0. The maximum Gasteiger partial charge on any atom is 0.00890 e. The third kappa shape index (κ3) is 11.0. The second kappa shape index (κ2) is 12.0. The second-order valence-corrected chi connectivity index (χ2v) is 3.45. The van der Waals surface area contributed by atoms with Gasteiger partial charge >= 0.3 is 0 Å². The molecule has 0 atom stereocenters. The summed E-state index contributed by atoms with van der Waals surface area (Å²) in [6, 6.07) is 0. The SMILES string of the molecule is C#CCCC/C=C/C=C/CCCCC. The molecule has 0 spiro atoms. The van der Waals surface area contributed by atoms with Gasteiger partial charge in [-0.1, -0.05) is 44.1 Å². The molecule has 0 nitrogen and oxygen atoms in total. The fraction of sp³-hybridized carbons (Fsp3) is 0.571. The first-order valence-electron chi connectivity index (χ1n) is 5.67. The number of unbranched alkanes of at least 4 members (excludes halogenated alkanes) is 5. The van der Waals surface area contributed by atoms with Gasteiger partial charge in [-0.25, -0.2) is 0 Å². The van der Waals surface area contributed by atoms with Crippen LogP contribution in [0.1, 0.15) is 51.9 Å². The molecule has 0 heteroatoms. The molecule has 0 aromatic carbocycles. The van der Waals surface area contributed by atoms with Crippen LogP contribution in [-0.2, 0) is 0 Å². The Kier molecular flexibility index (Phi) is 11.2. The van der Waals surface area contributed by atoms with Crippen LogP contribution in [-0.4, -0.2) is 0 Å². The van der Waals surface area contributed by atoms with Crippen molar-refractivity contribution in [2.45, 2.75) is 51.9 Å². The highest BCUT2D eigenvalue weighted by atomic mass is 13.9. The first kappa shape index (κ1) is 13.0. The second-order valence-electron chi connectivity index (χ2n) is 3.45. The molecule has 0 saturated heterocycles. The molecule has 0 aliphatic carbocycles. The summed E-state index contributed by atoms with van der Waals surface area (Å²) in [7, 11) is 0. The van der Waals surface area contributed by atoms with Crippen LogP contribution in [0.5, 0.6) is 0 Å². The Bertz CT molecular complexity index is 191. The van der Waals surface area contributed by atoms with Crippen LogP contribution >= 0.6 is 0 Å². The summed E-state index contributed by atoms with van der Waals surface area (Å²) in [4.78, 5) is 0. The number of allylic oxidation sites excluding steroid dienone is 4. The highest BCUT2D eigenvalue weighted by molar-refractivity contribution is 5.02. The average molecular weight is 190 g/mol. The zero-order valence-electron chi connectivity index (χ0n) is 9.34. The highest BCUT2D eigenvalue weighted by Gasteiger charge is 1.80. The van der Waals surface area contributed by atoms with E-state index >= 15 is 0 Å². The predicted octanol–water partition coefficient (Wildman–Crippen LogP) is 4.48. The molecule has 0 bridgehead atoms. The summed E-state index contributed by atoms with van der Waals surface area (Å²) in [5, 5.41) is 0. The van der Waals surface area contributed by atoms with E-state index in [0.717, 1.165) is 19.3 Å². The molecule has 0 radical (unpaired) electrons. The summed E-state index contributed by atoms with van der Waals surface area (Å²) in [6.45, 7) is 2.23. The maximum atomic E-state index is 5.15. The van der Waals surface area contributed by atoms with Crippen molar-refractivity contribution >= 4 is 0 Å². The maximum absolute atomic E-state index is 5.15. The topological polar surface area (TPSA) is 0 Å². The molecule has 0 aromatic rings. The average Bonchev–Trinajstić information content (AvgIpc) is 2.21. The molecule has 0 unspecified atom stereocenters. The zero-order chi connectivity index (χ0) is 10.5. The molecule has 0 aliphatic rings. The van der Waals surface area contributed by atoms with Gasteiger partial charge in [0.25, 0.3) is 0 Å². The normalized spacial score (nSPS) is 11.1. The summed E-state index contributed by atoms with van der Waals surface area (Å²) >= 11 is 0. The summed E-state index contributed by atoms with van der Waals surface area (Å²) in [5.74, 6) is 2.64. The van der Waals surface area contributed by atoms with Crippen LogP contribution < -0.4 is 0 Å².